The molecule has 0 unspecified atom stereocenters. The quantitative estimate of drug-likeness (QED) is 0.778. The predicted molar refractivity (Wildman–Crippen MR) is 84.9 cm³/mol. The predicted octanol–water partition coefficient (Wildman–Crippen LogP) is 3.35. The Hall–Kier alpha value is -1.60. The number of carbonyl (C=O) groups excluding carboxylic acids is 1. The second kappa shape index (κ2) is 5.65. The summed E-state index contributed by atoms with van der Waals surface area (Å²) in [7, 11) is 0. The van der Waals surface area contributed by atoms with E-state index >= 15 is 0 Å². The van der Waals surface area contributed by atoms with Crippen LogP contribution < -0.4 is 9.64 Å². The largest absolute Gasteiger partial charge is 0.506 e. The number of carbonyl (C=O) groups is 1. The van der Waals surface area contributed by atoms with Crippen molar-refractivity contribution in [3.8, 4) is 11.6 Å². The van der Waals surface area contributed by atoms with Crippen molar-refractivity contribution in [2.75, 3.05) is 18.1 Å². The Bertz CT molecular complexity index is 698. The van der Waals surface area contributed by atoms with Gasteiger partial charge >= 0.3 is 0 Å². The average Bonchev–Trinajstić information content (AvgIpc) is 2.51. The summed E-state index contributed by atoms with van der Waals surface area (Å²) in [5, 5.41) is 9.73. The van der Waals surface area contributed by atoms with Crippen LogP contribution in [0.5, 0.6) is 11.6 Å². The average molecular weight is 414 g/mol. The molecular weight excluding hydrogens is 404 g/mol. The lowest BCUT2D eigenvalue weighted by atomic mass is 10.1. The van der Waals surface area contributed by atoms with Crippen molar-refractivity contribution in [3.63, 3.8) is 0 Å². The van der Waals surface area contributed by atoms with Gasteiger partial charge in [-0.3, -0.25) is 4.79 Å². The van der Waals surface area contributed by atoms with Gasteiger partial charge < -0.3 is 14.7 Å². The van der Waals surface area contributed by atoms with E-state index < -0.39 is 0 Å². The Kier molecular flexibility index (Phi) is 3.86. The summed E-state index contributed by atoms with van der Waals surface area (Å²) in [4.78, 5) is 18.4. The van der Waals surface area contributed by atoms with Gasteiger partial charge in [-0.1, -0.05) is 0 Å². The molecule has 0 saturated heterocycles. The first-order valence-electron chi connectivity index (χ1n) is 6.15. The SMILES string of the molecule is O=C(c1cc(Br)c(O)c(Br)c1)N1CCOc2ncccc21. The fourth-order valence-electron chi connectivity index (χ4n) is 2.11. The van der Waals surface area contributed by atoms with E-state index in [2.05, 4.69) is 36.8 Å². The lowest BCUT2D eigenvalue weighted by Crippen LogP contribution is -2.38. The van der Waals surface area contributed by atoms with Gasteiger partial charge in [-0.05, 0) is 56.1 Å². The van der Waals surface area contributed by atoms with E-state index in [-0.39, 0.29) is 11.7 Å². The van der Waals surface area contributed by atoms with E-state index in [9.17, 15) is 9.90 Å². The van der Waals surface area contributed by atoms with Gasteiger partial charge in [-0.2, -0.15) is 0 Å². The summed E-state index contributed by atoms with van der Waals surface area (Å²) < 4.78 is 6.36. The lowest BCUT2D eigenvalue weighted by Gasteiger charge is -2.28. The highest BCUT2D eigenvalue weighted by molar-refractivity contribution is 9.11. The van der Waals surface area contributed by atoms with Crippen LogP contribution in [0.25, 0.3) is 0 Å². The van der Waals surface area contributed by atoms with E-state index in [4.69, 9.17) is 4.74 Å². The minimum atomic E-state index is -0.172. The molecule has 1 aliphatic rings. The summed E-state index contributed by atoms with van der Waals surface area (Å²) in [6.45, 7) is 0.851. The van der Waals surface area contributed by atoms with Crippen LogP contribution in [0.15, 0.2) is 39.4 Å². The van der Waals surface area contributed by atoms with Crippen LogP contribution in [0, 0.1) is 0 Å². The summed E-state index contributed by atoms with van der Waals surface area (Å²) in [6.07, 6.45) is 1.63. The van der Waals surface area contributed by atoms with Gasteiger partial charge in [0.1, 0.15) is 18.0 Å². The molecule has 1 aliphatic heterocycles. The monoisotopic (exact) mass is 412 g/mol. The number of phenolic OH excluding ortho intramolecular Hbond substituents is 1. The molecule has 7 heteroatoms. The van der Waals surface area contributed by atoms with Gasteiger partial charge in [0.05, 0.1) is 15.5 Å². The van der Waals surface area contributed by atoms with Gasteiger partial charge in [-0.25, -0.2) is 4.98 Å². The molecular formula is C14H10Br2N2O3. The zero-order valence-electron chi connectivity index (χ0n) is 10.7. The van der Waals surface area contributed by atoms with Crippen LogP contribution in [0.4, 0.5) is 5.69 Å². The maximum absolute atomic E-state index is 12.7. The van der Waals surface area contributed by atoms with Crippen molar-refractivity contribution < 1.29 is 14.6 Å². The highest BCUT2D eigenvalue weighted by atomic mass is 79.9. The molecule has 1 N–H and O–H groups in total. The molecule has 0 spiro atoms. The molecule has 0 bridgehead atoms. The Morgan fingerprint density at radius 2 is 2.05 bits per heavy atom. The number of aromatic nitrogens is 1. The number of nitrogens with zero attached hydrogens (tertiary/aromatic N) is 2. The summed E-state index contributed by atoms with van der Waals surface area (Å²) in [6, 6.07) is 6.74. The number of pyridine rings is 1. The maximum Gasteiger partial charge on any atom is 0.258 e. The van der Waals surface area contributed by atoms with Crippen LogP contribution in [0.2, 0.25) is 0 Å². The topological polar surface area (TPSA) is 62.7 Å². The minimum absolute atomic E-state index is 0.0654. The second-order valence-corrected chi connectivity index (χ2v) is 6.13. The molecule has 0 aliphatic carbocycles. The number of rotatable bonds is 1. The van der Waals surface area contributed by atoms with Crippen molar-refractivity contribution in [3.05, 3.63) is 45.0 Å². The minimum Gasteiger partial charge on any atom is -0.506 e. The molecule has 0 atom stereocenters. The number of halogens is 2. The van der Waals surface area contributed by atoms with Crippen LogP contribution in [-0.2, 0) is 0 Å². The number of ether oxygens (including phenoxy) is 1. The fourth-order valence-corrected chi connectivity index (χ4v) is 3.30. The summed E-state index contributed by atoms with van der Waals surface area (Å²) in [5.41, 5.74) is 1.11. The number of hydrogen-bond donors (Lipinski definition) is 1. The first-order valence-corrected chi connectivity index (χ1v) is 7.74. The van der Waals surface area contributed by atoms with Crippen molar-refractivity contribution in [1.82, 2.24) is 4.98 Å². The molecule has 0 saturated carbocycles. The Labute approximate surface area is 137 Å². The highest BCUT2D eigenvalue weighted by Crippen LogP contribution is 2.35. The zero-order chi connectivity index (χ0) is 15.0. The Morgan fingerprint density at radius 1 is 1.33 bits per heavy atom. The maximum atomic E-state index is 12.7. The number of amides is 1. The molecule has 3 rings (SSSR count). The van der Waals surface area contributed by atoms with Crippen molar-refractivity contribution in [2.24, 2.45) is 0 Å². The first kappa shape index (κ1) is 14.3. The standard InChI is InChI=1S/C14H10Br2N2O3/c15-9-6-8(7-10(16)12(9)19)14(20)18-4-5-21-13-11(18)2-1-3-17-13/h1-3,6-7,19H,4-5H2. The fraction of sp³-hybridized carbons (Fsp3) is 0.143. The number of phenols is 1. The second-order valence-electron chi connectivity index (χ2n) is 4.42. The van der Waals surface area contributed by atoms with Gasteiger partial charge in [0, 0.05) is 11.8 Å². The molecule has 5 nitrogen and oxygen atoms in total. The Balaban J connectivity index is 2.00. The van der Waals surface area contributed by atoms with Gasteiger partial charge in [0.15, 0.2) is 0 Å². The third-order valence-corrected chi connectivity index (χ3v) is 4.31. The third-order valence-electron chi connectivity index (χ3n) is 3.10. The molecule has 0 radical (unpaired) electrons. The molecule has 2 aromatic rings. The lowest BCUT2D eigenvalue weighted by molar-refractivity contribution is 0.0975. The molecule has 2 heterocycles. The van der Waals surface area contributed by atoms with Gasteiger partial charge in [0.25, 0.3) is 5.91 Å². The molecule has 1 aromatic heterocycles. The van der Waals surface area contributed by atoms with Crippen LogP contribution in [0.1, 0.15) is 10.4 Å². The molecule has 1 aromatic carbocycles. The Morgan fingerprint density at radius 3 is 2.76 bits per heavy atom. The van der Waals surface area contributed by atoms with E-state index in [0.717, 1.165) is 0 Å². The number of anilines is 1. The van der Waals surface area contributed by atoms with E-state index in [1.165, 1.54) is 0 Å². The number of hydrogen-bond acceptors (Lipinski definition) is 4. The highest BCUT2D eigenvalue weighted by Gasteiger charge is 2.26. The number of fused-ring (bicyclic) bond motifs is 1. The normalized spacial score (nSPS) is 13.5. The van der Waals surface area contributed by atoms with Crippen molar-refractivity contribution in [1.29, 1.82) is 0 Å². The smallest absolute Gasteiger partial charge is 0.258 e. The molecule has 1 amide bonds. The third kappa shape index (κ3) is 2.63. The van der Waals surface area contributed by atoms with Crippen LogP contribution >= 0.6 is 31.9 Å². The molecule has 108 valence electrons. The van der Waals surface area contributed by atoms with E-state index in [0.29, 0.717) is 39.2 Å². The zero-order valence-corrected chi connectivity index (χ0v) is 13.9. The first-order chi connectivity index (χ1) is 10.1. The number of benzene rings is 1. The summed E-state index contributed by atoms with van der Waals surface area (Å²) in [5.74, 6) is 0.346. The van der Waals surface area contributed by atoms with Gasteiger partial charge in [0.2, 0.25) is 5.88 Å². The van der Waals surface area contributed by atoms with Gasteiger partial charge in [-0.15, -0.1) is 0 Å². The van der Waals surface area contributed by atoms with Crippen molar-refractivity contribution >= 4 is 43.5 Å². The molecule has 0 fully saturated rings. The van der Waals surface area contributed by atoms with Crippen molar-refractivity contribution in [2.45, 2.75) is 0 Å². The molecule has 21 heavy (non-hydrogen) atoms. The van der Waals surface area contributed by atoms with E-state index in [1.54, 1.807) is 35.4 Å². The van der Waals surface area contributed by atoms with Crippen LogP contribution in [0.3, 0.4) is 0 Å². The summed E-state index contributed by atoms with van der Waals surface area (Å²) >= 11 is 6.47. The van der Waals surface area contributed by atoms with Crippen LogP contribution in [-0.4, -0.2) is 29.1 Å². The van der Waals surface area contributed by atoms with E-state index in [1.807, 2.05) is 0 Å². The number of aromatic hydroxyl groups is 1.